The molecule has 9 heteroatoms. The van der Waals surface area contributed by atoms with Crippen molar-refractivity contribution in [2.24, 2.45) is 0 Å². The second kappa shape index (κ2) is 11.2. The van der Waals surface area contributed by atoms with Crippen LogP contribution in [-0.2, 0) is 24.2 Å². The lowest BCUT2D eigenvalue weighted by atomic mass is 9.98. The molecule has 0 spiro atoms. The van der Waals surface area contributed by atoms with Gasteiger partial charge in [-0.2, -0.15) is 10.3 Å². The highest BCUT2D eigenvalue weighted by atomic mass is 16.4. The summed E-state index contributed by atoms with van der Waals surface area (Å²) in [5, 5.41) is 28.4. The van der Waals surface area contributed by atoms with Crippen molar-refractivity contribution in [2.75, 3.05) is 0 Å². The monoisotopic (exact) mass is 507 g/mol. The molecule has 2 aromatic heterocycles. The van der Waals surface area contributed by atoms with Crippen molar-refractivity contribution in [3.8, 4) is 22.5 Å². The molecule has 0 aliphatic carbocycles. The van der Waals surface area contributed by atoms with Gasteiger partial charge in [0, 0.05) is 17.9 Å². The summed E-state index contributed by atoms with van der Waals surface area (Å²) in [4.78, 5) is 15.9. The van der Waals surface area contributed by atoms with Crippen LogP contribution in [0, 0.1) is 0 Å². The topological polar surface area (TPSA) is 122 Å². The van der Waals surface area contributed by atoms with Gasteiger partial charge in [-0.1, -0.05) is 86.6 Å². The fourth-order valence-corrected chi connectivity index (χ4v) is 4.34. The number of tetrazole rings is 1. The number of H-pyrrole nitrogens is 1. The van der Waals surface area contributed by atoms with Gasteiger partial charge in [0.1, 0.15) is 5.82 Å². The number of rotatable bonds is 10. The summed E-state index contributed by atoms with van der Waals surface area (Å²) in [6.45, 7) is 4.88. The average Bonchev–Trinajstić information content (AvgIpc) is 3.60. The molecular weight excluding hydrogens is 478 g/mol. The van der Waals surface area contributed by atoms with Crippen LogP contribution in [0.25, 0.3) is 22.5 Å². The van der Waals surface area contributed by atoms with E-state index >= 15 is 0 Å². The maximum Gasteiger partial charge on any atom is 0.307 e. The number of nitrogens with one attached hydrogen (secondary N) is 1. The molecule has 1 unspecified atom stereocenters. The van der Waals surface area contributed by atoms with E-state index in [1.54, 1.807) is 0 Å². The highest BCUT2D eigenvalue weighted by Gasteiger charge is 2.16. The summed E-state index contributed by atoms with van der Waals surface area (Å²) in [6, 6.07) is 24.1. The van der Waals surface area contributed by atoms with Gasteiger partial charge in [0.25, 0.3) is 0 Å². The third kappa shape index (κ3) is 5.67. The molecule has 2 heterocycles. The van der Waals surface area contributed by atoms with Gasteiger partial charge in [-0.3, -0.25) is 4.79 Å². The first-order chi connectivity index (χ1) is 18.5. The molecule has 0 amide bonds. The largest absolute Gasteiger partial charge is 0.481 e. The Hall–Kier alpha value is -4.66. The number of nitrogens with zero attached hydrogens (tertiary/aromatic N) is 6. The van der Waals surface area contributed by atoms with Crippen LogP contribution < -0.4 is 0 Å². The third-order valence-corrected chi connectivity index (χ3v) is 6.67. The van der Waals surface area contributed by atoms with Gasteiger partial charge in [-0.15, -0.1) is 10.2 Å². The number of carboxylic acids is 1. The van der Waals surface area contributed by atoms with Gasteiger partial charge in [0.05, 0.1) is 13.0 Å². The number of aromatic nitrogens is 7. The Labute approximate surface area is 220 Å². The fourth-order valence-electron chi connectivity index (χ4n) is 4.34. The van der Waals surface area contributed by atoms with Crippen molar-refractivity contribution in [2.45, 2.75) is 45.6 Å². The standard InChI is InChI=1S/C29H29N7O2/c1-3-19(2)28-30-26(16-20-8-10-21(11-9-20)17-27(37)38)36(33-28)18-22-12-14-23(15-13-22)24-6-4-5-7-25(24)29-31-34-35-32-29/h4-15,19H,3,16-18H2,1-2H3,(H,37,38)(H,31,32,34,35). The quantitative estimate of drug-likeness (QED) is 0.275. The number of hydrogen-bond donors (Lipinski definition) is 2. The van der Waals surface area contributed by atoms with Gasteiger partial charge >= 0.3 is 5.97 Å². The average molecular weight is 508 g/mol. The van der Waals surface area contributed by atoms with Crippen LogP contribution in [0.3, 0.4) is 0 Å². The summed E-state index contributed by atoms with van der Waals surface area (Å²) >= 11 is 0. The van der Waals surface area contributed by atoms with E-state index in [1.807, 2.05) is 47.1 Å². The summed E-state index contributed by atoms with van der Waals surface area (Å²) in [7, 11) is 0. The lowest BCUT2D eigenvalue weighted by Gasteiger charge is -2.10. The van der Waals surface area contributed by atoms with Crippen LogP contribution in [0.5, 0.6) is 0 Å². The Balaban J connectivity index is 1.39. The molecule has 0 radical (unpaired) electrons. The fraction of sp³-hybridized carbons (Fsp3) is 0.241. The van der Waals surface area contributed by atoms with E-state index < -0.39 is 5.97 Å². The van der Waals surface area contributed by atoms with Crippen LogP contribution in [0.4, 0.5) is 0 Å². The van der Waals surface area contributed by atoms with Gasteiger partial charge in [0.15, 0.2) is 5.82 Å². The Bertz CT molecular complexity index is 1510. The summed E-state index contributed by atoms with van der Waals surface area (Å²) in [6.07, 6.45) is 1.60. The van der Waals surface area contributed by atoms with Crippen molar-refractivity contribution < 1.29 is 9.90 Å². The van der Waals surface area contributed by atoms with Crippen LogP contribution in [0.1, 0.15) is 54.5 Å². The van der Waals surface area contributed by atoms with Gasteiger partial charge in [0.2, 0.25) is 5.82 Å². The molecule has 2 N–H and O–H groups in total. The molecule has 0 aliphatic heterocycles. The SMILES string of the molecule is CCC(C)c1nc(Cc2ccc(CC(=O)O)cc2)n(Cc2ccc(-c3ccccc3-c3nn[nH]n3)cc2)n1. The van der Waals surface area contributed by atoms with Gasteiger partial charge in [-0.05, 0) is 39.5 Å². The van der Waals surface area contributed by atoms with E-state index in [0.29, 0.717) is 18.8 Å². The number of carboxylic acid groups (broad SMARTS) is 1. The van der Waals surface area contributed by atoms with E-state index in [9.17, 15) is 4.79 Å². The lowest BCUT2D eigenvalue weighted by molar-refractivity contribution is -0.136. The van der Waals surface area contributed by atoms with E-state index in [1.165, 1.54) is 0 Å². The predicted molar refractivity (Wildman–Crippen MR) is 143 cm³/mol. The van der Waals surface area contributed by atoms with Crippen molar-refractivity contribution in [3.63, 3.8) is 0 Å². The Morgan fingerprint density at radius 1 is 0.947 bits per heavy atom. The number of benzene rings is 3. The van der Waals surface area contributed by atoms with Crippen molar-refractivity contribution in [1.82, 2.24) is 35.4 Å². The molecule has 0 saturated heterocycles. The molecule has 9 nitrogen and oxygen atoms in total. The van der Waals surface area contributed by atoms with Crippen LogP contribution in [0.15, 0.2) is 72.8 Å². The van der Waals surface area contributed by atoms with Crippen molar-refractivity contribution in [1.29, 1.82) is 0 Å². The highest BCUT2D eigenvalue weighted by molar-refractivity contribution is 5.80. The van der Waals surface area contributed by atoms with Crippen LogP contribution >= 0.6 is 0 Å². The molecule has 192 valence electrons. The third-order valence-electron chi connectivity index (χ3n) is 6.67. The normalized spacial score (nSPS) is 11.9. The van der Waals surface area contributed by atoms with E-state index in [0.717, 1.165) is 51.5 Å². The number of aromatic amines is 1. The van der Waals surface area contributed by atoms with E-state index in [4.69, 9.17) is 15.2 Å². The molecule has 0 bridgehead atoms. The Kier molecular flexibility index (Phi) is 7.35. The lowest BCUT2D eigenvalue weighted by Crippen LogP contribution is -2.08. The summed E-state index contributed by atoms with van der Waals surface area (Å²) in [5.41, 5.74) is 5.98. The molecule has 38 heavy (non-hydrogen) atoms. The second-order valence-corrected chi connectivity index (χ2v) is 9.39. The molecule has 0 aliphatic rings. The first-order valence-corrected chi connectivity index (χ1v) is 12.7. The van der Waals surface area contributed by atoms with E-state index in [2.05, 4.69) is 64.8 Å². The predicted octanol–water partition coefficient (Wildman–Crippen LogP) is 4.90. The first kappa shape index (κ1) is 25.0. The zero-order chi connectivity index (χ0) is 26.5. The minimum Gasteiger partial charge on any atom is -0.481 e. The van der Waals surface area contributed by atoms with Crippen molar-refractivity contribution >= 4 is 5.97 Å². The van der Waals surface area contributed by atoms with E-state index in [-0.39, 0.29) is 12.3 Å². The summed E-state index contributed by atoms with van der Waals surface area (Å²) in [5.74, 6) is 1.72. The highest BCUT2D eigenvalue weighted by Crippen LogP contribution is 2.30. The number of aliphatic carboxylic acids is 1. The minimum absolute atomic E-state index is 0.0181. The molecule has 0 saturated carbocycles. The summed E-state index contributed by atoms with van der Waals surface area (Å²) < 4.78 is 1.98. The Morgan fingerprint density at radius 3 is 2.29 bits per heavy atom. The van der Waals surface area contributed by atoms with Crippen LogP contribution in [-0.4, -0.2) is 46.5 Å². The molecule has 5 aromatic rings. The molecule has 0 fully saturated rings. The van der Waals surface area contributed by atoms with Crippen molar-refractivity contribution in [3.05, 3.63) is 101 Å². The number of hydrogen-bond acceptors (Lipinski definition) is 6. The number of carbonyl (C=O) groups is 1. The minimum atomic E-state index is -0.833. The van der Waals surface area contributed by atoms with Gasteiger partial charge in [-0.25, -0.2) is 9.67 Å². The molecular formula is C29H29N7O2. The smallest absolute Gasteiger partial charge is 0.307 e. The van der Waals surface area contributed by atoms with Gasteiger partial charge < -0.3 is 5.11 Å². The Morgan fingerprint density at radius 2 is 1.63 bits per heavy atom. The van der Waals surface area contributed by atoms with Crippen LogP contribution in [0.2, 0.25) is 0 Å². The second-order valence-electron chi connectivity index (χ2n) is 9.39. The molecule has 5 rings (SSSR count). The zero-order valence-electron chi connectivity index (χ0n) is 21.4. The molecule has 3 aromatic carbocycles. The maximum absolute atomic E-state index is 11.0. The maximum atomic E-state index is 11.0. The molecule has 1 atom stereocenters. The zero-order valence-corrected chi connectivity index (χ0v) is 21.4. The first-order valence-electron chi connectivity index (χ1n) is 12.7.